The molecule has 0 atom stereocenters. The fourth-order valence-electron chi connectivity index (χ4n) is 4.41. The van der Waals surface area contributed by atoms with Gasteiger partial charge in [0.05, 0.1) is 7.11 Å². The molecular formula is C19H28NO. The smallest absolute Gasteiger partial charge is 0.124 e. The molecule has 0 aliphatic heterocycles. The Hall–Kier alpha value is -1.18. The van der Waals surface area contributed by atoms with Crippen LogP contribution in [0.1, 0.15) is 63.4 Å². The number of nitrogen functional groups attached to an aromatic ring is 1. The van der Waals surface area contributed by atoms with E-state index in [2.05, 4.69) is 0 Å². The van der Waals surface area contributed by atoms with Crippen molar-refractivity contribution in [1.82, 2.24) is 0 Å². The monoisotopic (exact) mass is 286 g/mol. The zero-order valence-corrected chi connectivity index (χ0v) is 13.2. The highest BCUT2D eigenvalue weighted by molar-refractivity contribution is 5.61. The highest BCUT2D eigenvalue weighted by Gasteiger charge is 2.31. The molecule has 0 spiro atoms. The molecular weight excluding hydrogens is 258 g/mol. The molecule has 2 saturated carbocycles. The van der Waals surface area contributed by atoms with Crippen molar-refractivity contribution in [2.45, 2.75) is 57.8 Å². The highest BCUT2D eigenvalue weighted by atomic mass is 16.5. The van der Waals surface area contributed by atoms with Gasteiger partial charge in [-0.15, -0.1) is 0 Å². The van der Waals surface area contributed by atoms with Crippen LogP contribution in [0.25, 0.3) is 0 Å². The normalized spacial score (nSPS) is 22.3. The van der Waals surface area contributed by atoms with Crippen molar-refractivity contribution in [1.29, 1.82) is 0 Å². The molecule has 0 heterocycles. The first-order valence-electron chi connectivity index (χ1n) is 8.57. The lowest BCUT2D eigenvalue weighted by molar-refractivity contribution is 0.205. The molecule has 2 fully saturated rings. The summed E-state index contributed by atoms with van der Waals surface area (Å²) in [5, 5.41) is 0. The molecule has 0 saturated heterocycles. The number of benzene rings is 1. The third-order valence-electron chi connectivity index (χ3n) is 5.58. The summed E-state index contributed by atoms with van der Waals surface area (Å²) in [6, 6.07) is 6.01. The van der Waals surface area contributed by atoms with Crippen LogP contribution in [0.5, 0.6) is 5.75 Å². The van der Waals surface area contributed by atoms with E-state index in [1.165, 1.54) is 69.3 Å². The molecule has 1 radical (unpaired) electrons. The predicted molar refractivity (Wildman–Crippen MR) is 88.3 cm³/mol. The minimum atomic E-state index is 0.875. The van der Waals surface area contributed by atoms with Crippen molar-refractivity contribution < 1.29 is 4.74 Å². The number of nitrogens with two attached hydrogens (primary N) is 1. The maximum absolute atomic E-state index is 6.20. The fraction of sp³-hybridized carbons (Fsp3) is 0.632. The fourth-order valence-corrected chi connectivity index (χ4v) is 4.41. The SMILES string of the molecule is COc1cccc(N)c1[C]1CCC(C2CCCCC2)CC1. The van der Waals surface area contributed by atoms with E-state index in [-0.39, 0.29) is 0 Å². The molecule has 1 aromatic rings. The van der Waals surface area contributed by atoms with Gasteiger partial charge in [0.2, 0.25) is 0 Å². The first-order valence-corrected chi connectivity index (χ1v) is 8.57. The Morgan fingerprint density at radius 2 is 1.62 bits per heavy atom. The van der Waals surface area contributed by atoms with E-state index in [4.69, 9.17) is 10.5 Å². The number of hydrogen-bond acceptors (Lipinski definition) is 2. The van der Waals surface area contributed by atoms with Crippen LogP contribution < -0.4 is 10.5 Å². The Labute approximate surface area is 129 Å². The van der Waals surface area contributed by atoms with E-state index in [0.29, 0.717) is 0 Å². The van der Waals surface area contributed by atoms with Gasteiger partial charge in [0.25, 0.3) is 0 Å². The molecule has 2 aliphatic carbocycles. The summed E-state index contributed by atoms with van der Waals surface area (Å²) in [6.45, 7) is 0. The first kappa shape index (κ1) is 14.7. The Morgan fingerprint density at radius 1 is 0.952 bits per heavy atom. The Kier molecular flexibility index (Phi) is 4.72. The van der Waals surface area contributed by atoms with Crippen LogP contribution in [0, 0.1) is 17.8 Å². The molecule has 2 N–H and O–H groups in total. The Balaban J connectivity index is 1.65. The van der Waals surface area contributed by atoms with Crippen LogP contribution in [0.2, 0.25) is 0 Å². The molecule has 115 valence electrons. The van der Waals surface area contributed by atoms with Crippen molar-refractivity contribution in [3.63, 3.8) is 0 Å². The van der Waals surface area contributed by atoms with Gasteiger partial charge in [-0.3, -0.25) is 0 Å². The third kappa shape index (κ3) is 3.20. The molecule has 2 heteroatoms. The van der Waals surface area contributed by atoms with E-state index >= 15 is 0 Å². The number of methoxy groups -OCH3 is 1. The van der Waals surface area contributed by atoms with Gasteiger partial charge in [-0.1, -0.05) is 38.2 Å². The van der Waals surface area contributed by atoms with Crippen molar-refractivity contribution in [3.8, 4) is 5.75 Å². The third-order valence-corrected chi connectivity index (χ3v) is 5.58. The lowest BCUT2D eigenvalue weighted by atomic mass is 9.69. The van der Waals surface area contributed by atoms with Gasteiger partial charge in [-0.2, -0.15) is 0 Å². The average Bonchev–Trinajstić information content (AvgIpc) is 2.55. The van der Waals surface area contributed by atoms with E-state index in [0.717, 1.165) is 23.3 Å². The van der Waals surface area contributed by atoms with Crippen molar-refractivity contribution in [2.75, 3.05) is 12.8 Å². The van der Waals surface area contributed by atoms with Crippen LogP contribution in [0.4, 0.5) is 5.69 Å². The second kappa shape index (κ2) is 6.72. The molecule has 0 bridgehead atoms. The lowest BCUT2D eigenvalue weighted by Gasteiger charge is -2.36. The standard InChI is InChI=1S/C19H28NO/c1-21-18-9-5-8-17(20)19(18)16-12-10-15(11-13-16)14-6-3-2-4-7-14/h5,8-9,14-15H,2-4,6-7,10-13,20H2,1H3. The number of ether oxygens (including phenoxy) is 1. The van der Waals surface area contributed by atoms with E-state index in [9.17, 15) is 0 Å². The summed E-state index contributed by atoms with van der Waals surface area (Å²) in [6.07, 6.45) is 12.4. The van der Waals surface area contributed by atoms with Crippen LogP contribution >= 0.6 is 0 Å². The highest BCUT2D eigenvalue weighted by Crippen LogP contribution is 2.45. The average molecular weight is 286 g/mol. The molecule has 0 aromatic heterocycles. The zero-order valence-electron chi connectivity index (χ0n) is 13.2. The maximum atomic E-state index is 6.20. The van der Waals surface area contributed by atoms with Crippen LogP contribution in [-0.4, -0.2) is 7.11 Å². The van der Waals surface area contributed by atoms with Gasteiger partial charge in [-0.25, -0.2) is 0 Å². The van der Waals surface area contributed by atoms with Crippen LogP contribution in [-0.2, 0) is 0 Å². The van der Waals surface area contributed by atoms with Gasteiger partial charge in [0.15, 0.2) is 0 Å². The number of anilines is 1. The van der Waals surface area contributed by atoms with Gasteiger partial charge < -0.3 is 10.5 Å². The van der Waals surface area contributed by atoms with Gasteiger partial charge in [0, 0.05) is 17.2 Å². The molecule has 2 aliphatic rings. The molecule has 0 unspecified atom stereocenters. The van der Waals surface area contributed by atoms with Crippen molar-refractivity contribution in [3.05, 3.63) is 29.7 Å². The summed E-state index contributed by atoms with van der Waals surface area (Å²) in [7, 11) is 1.74. The minimum absolute atomic E-state index is 0.875. The molecule has 0 amide bonds. The van der Waals surface area contributed by atoms with E-state index < -0.39 is 0 Å². The summed E-state index contributed by atoms with van der Waals surface area (Å²) < 4.78 is 5.52. The minimum Gasteiger partial charge on any atom is -0.496 e. The first-order chi connectivity index (χ1) is 10.3. The predicted octanol–water partition coefficient (Wildman–Crippen LogP) is 4.97. The number of rotatable bonds is 3. The zero-order chi connectivity index (χ0) is 14.7. The molecule has 1 aromatic carbocycles. The summed E-state index contributed by atoms with van der Waals surface area (Å²) in [5.41, 5.74) is 8.26. The van der Waals surface area contributed by atoms with Crippen molar-refractivity contribution >= 4 is 5.69 Å². The summed E-state index contributed by atoms with van der Waals surface area (Å²) in [5.74, 6) is 4.40. The van der Waals surface area contributed by atoms with Gasteiger partial charge in [-0.05, 0) is 49.7 Å². The second-order valence-corrected chi connectivity index (χ2v) is 6.76. The van der Waals surface area contributed by atoms with E-state index in [1.807, 2.05) is 18.2 Å². The Bertz CT molecular complexity index is 457. The summed E-state index contributed by atoms with van der Waals surface area (Å²) >= 11 is 0. The molecule has 3 rings (SSSR count). The van der Waals surface area contributed by atoms with Gasteiger partial charge >= 0.3 is 0 Å². The Morgan fingerprint density at radius 3 is 2.29 bits per heavy atom. The molecule has 21 heavy (non-hydrogen) atoms. The topological polar surface area (TPSA) is 35.2 Å². The van der Waals surface area contributed by atoms with Crippen LogP contribution in [0.3, 0.4) is 0 Å². The van der Waals surface area contributed by atoms with Gasteiger partial charge in [0.1, 0.15) is 5.75 Å². The van der Waals surface area contributed by atoms with Crippen LogP contribution in [0.15, 0.2) is 18.2 Å². The quantitative estimate of drug-likeness (QED) is 0.796. The van der Waals surface area contributed by atoms with Crippen molar-refractivity contribution in [2.24, 2.45) is 11.8 Å². The summed E-state index contributed by atoms with van der Waals surface area (Å²) in [4.78, 5) is 0. The lowest BCUT2D eigenvalue weighted by Crippen LogP contribution is -2.23. The van der Waals surface area contributed by atoms with E-state index in [1.54, 1.807) is 7.11 Å². The maximum Gasteiger partial charge on any atom is 0.124 e. The largest absolute Gasteiger partial charge is 0.496 e. The molecule has 2 nitrogen and oxygen atoms in total. The number of hydrogen-bond donors (Lipinski definition) is 1. The second-order valence-electron chi connectivity index (χ2n) is 6.76.